The zero-order valence-electron chi connectivity index (χ0n) is 12.6. The van der Waals surface area contributed by atoms with Crippen molar-refractivity contribution < 1.29 is 4.74 Å². The number of benzene rings is 1. The standard InChI is InChI=1S/C17H23N3O/c1-21-14-8-4-7-13(11-14)16-15(19-20-17(16)18)10-9-12-5-2-3-6-12/h4,7-8,11-12H,2-3,5-6,9-10H2,1H3,(H3,18,19,20). The lowest BCUT2D eigenvalue weighted by atomic mass is 9.97. The van der Waals surface area contributed by atoms with E-state index in [0.29, 0.717) is 5.82 Å². The molecule has 4 heteroatoms. The molecule has 0 aliphatic heterocycles. The predicted octanol–water partition coefficient (Wildman–Crippen LogP) is 3.79. The zero-order chi connectivity index (χ0) is 14.7. The smallest absolute Gasteiger partial charge is 0.153 e. The van der Waals surface area contributed by atoms with E-state index < -0.39 is 0 Å². The van der Waals surface area contributed by atoms with Crippen LogP contribution in [0, 0.1) is 5.92 Å². The summed E-state index contributed by atoms with van der Waals surface area (Å²) in [5, 5.41) is 7.32. The number of aryl methyl sites for hydroxylation is 1. The number of nitrogens with zero attached hydrogens (tertiary/aromatic N) is 1. The van der Waals surface area contributed by atoms with Crippen LogP contribution in [0.4, 0.5) is 5.82 Å². The van der Waals surface area contributed by atoms with Crippen LogP contribution < -0.4 is 10.5 Å². The second-order valence-electron chi connectivity index (χ2n) is 5.88. The van der Waals surface area contributed by atoms with Gasteiger partial charge in [0.25, 0.3) is 0 Å². The number of aromatic nitrogens is 2. The van der Waals surface area contributed by atoms with Crippen molar-refractivity contribution in [3.05, 3.63) is 30.0 Å². The van der Waals surface area contributed by atoms with E-state index in [1.54, 1.807) is 7.11 Å². The number of methoxy groups -OCH3 is 1. The van der Waals surface area contributed by atoms with Crippen LogP contribution in [0.5, 0.6) is 5.75 Å². The Kier molecular flexibility index (Phi) is 4.13. The van der Waals surface area contributed by atoms with E-state index in [-0.39, 0.29) is 0 Å². The Hall–Kier alpha value is -1.97. The van der Waals surface area contributed by atoms with Crippen molar-refractivity contribution in [1.29, 1.82) is 0 Å². The maximum Gasteiger partial charge on any atom is 0.153 e. The number of hydrogen-bond acceptors (Lipinski definition) is 3. The summed E-state index contributed by atoms with van der Waals surface area (Å²) in [6, 6.07) is 8.00. The minimum Gasteiger partial charge on any atom is -0.497 e. The normalized spacial score (nSPS) is 15.5. The van der Waals surface area contributed by atoms with Crippen LogP contribution >= 0.6 is 0 Å². The van der Waals surface area contributed by atoms with Gasteiger partial charge in [0.05, 0.1) is 7.11 Å². The molecule has 1 aliphatic rings. The maximum absolute atomic E-state index is 6.07. The molecule has 0 radical (unpaired) electrons. The first kappa shape index (κ1) is 14.0. The quantitative estimate of drug-likeness (QED) is 0.878. The third kappa shape index (κ3) is 3.04. The predicted molar refractivity (Wildman–Crippen MR) is 85.3 cm³/mol. The van der Waals surface area contributed by atoms with Gasteiger partial charge in [-0.3, -0.25) is 5.10 Å². The first-order chi connectivity index (χ1) is 10.3. The van der Waals surface area contributed by atoms with Crippen molar-refractivity contribution in [2.75, 3.05) is 12.8 Å². The monoisotopic (exact) mass is 285 g/mol. The number of nitrogens with two attached hydrogens (primary N) is 1. The SMILES string of the molecule is COc1cccc(-c2c(N)n[nH]c2CCC2CCCC2)c1. The number of aromatic amines is 1. The second-order valence-corrected chi connectivity index (χ2v) is 5.88. The van der Waals surface area contributed by atoms with Crippen LogP contribution in [0.3, 0.4) is 0 Å². The molecule has 1 heterocycles. The Morgan fingerprint density at radius 1 is 1.33 bits per heavy atom. The van der Waals surface area contributed by atoms with Gasteiger partial charge < -0.3 is 10.5 Å². The Labute approximate surface area is 125 Å². The van der Waals surface area contributed by atoms with E-state index >= 15 is 0 Å². The second kappa shape index (κ2) is 6.20. The van der Waals surface area contributed by atoms with E-state index in [0.717, 1.165) is 34.9 Å². The van der Waals surface area contributed by atoms with Gasteiger partial charge in [-0.2, -0.15) is 5.10 Å². The molecule has 0 unspecified atom stereocenters. The molecule has 0 bridgehead atoms. The molecule has 1 aliphatic carbocycles. The van der Waals surface area contributed by atoms with Gasteiger partial charge in [0, 0.05) is 11.3 Å². The summed E-state index contributed by atoms with van der Waals surface area (Å²) >= 11 is 0. The van der Waals surface area contributed by atoms with E-state index in [4.69, 9.17) is 10.5 Å². The third-order valence-electron chi connectivity index (χ3n) is 4.50. The number of H-pyrrole nitrogens is 1. The molecule has 112 valence electrons. The third-order valence-corrected chi connectivity index (χ3v) is 4.50. The van der Waals surface area contributed by atoms with E-state index in [1.807, 2.05) is 18.2 Å². The zero-order valence-corrected chi connectivity index (χ0v) is 12.6. The molecular weight excluding hydrogens is 262 g/mol. The highest BCUT2D eigenvalue weighted by molar-refractivity contribution is 5.77. The van der Waals surface area contributed by atoms with Crippen LogP contribution in [0.1, 0.15) is 37.8 Å². The van der Waals surface area contributed by atoms with Gasteiger partial charge in [-0.05, 0) is 36.5 Å². The molecule has 1 aromatic heterocycles. The number of nitrogen functional groups attached to an aromatic ring is 1. The molecule has 0 saturated heterocycles. The summed E-state index contributed by atoms with van der Waals surface area (Å²) in [6.07, 6.45) is 7.76. The molecule has 3 N–H and O–H groups in total. The Balaban J connectivity index is 1.82. The molecular formula is C17H23N3O. The van der Waals surface area contributed by atoms with Gasteiger partial charge in [-0.1, -0.05) is 37.8 Å². The minimum atomic E-state index is 0.574. The molecule has 0 amide bonds. The molecule has 1 saturated carbocycles. The summed E-state index contributed by atoms with van der Waals surface area (Å²) in [7, 11) is 1.68. The number of anilines is 1. The summed E-state index contributed by atoms with van der Waals surface area (Å²) < 4.78 is 5.30. The van der Waals surface area contributed by atoms with Crippen molar-refractivity contribution in [2.24, 2.45) is 5.92 Å². The fourth-order valence-corrected chi connectivity index (χ4v) is 3.32. The van der Waals surface area contributed by atoms with Crippen LogP contribution in [-0.4, -0.2) is 17.3 Å². The van der Waals surface area contributed by atoms with Crippen molar-refractivity contribution in [2.45, 2.75) is 38.5 Å². The average Bonchev–Trinajstić information content (AvgIpc) is 3.14. The Bertz CT molecular complexity index is 600. The van der Waals surface area contributed by atoms with Crippen molar-refractivity contribution in [1.82, 2.24) is 10.2 Å². The first-order valence-corrected chi connectivity index (χ1v) is 7.75. The number of rotatable bonds is 5. The molecule has 21 heavy (non-hydrogen) atoms. The summed E-state index contributed by atoms with van der Waals surface area (Å²) in [4.78, 5) is 0. The molecule has 4 nitrogen and oxygen atoms in total. The summed E-state index contributed by atoms with van der Waals surface area (Å²) in [5.74, 6) is 2.28. The summed E-state index contributed by atoms with van der Waals surface area (Å²) in [5.41, 5.74) is 9.32. The van der Waals surface area contributed by atoms with Gasteiger partial charge in [-0.15, -0.1) is 0 Å². The topological polar surface area (TPSA) is 63.9 Å². The largest absolute Gasteiger partial charge is 0.497 e. The number of ether oxygens (including phenoxy) is 1. The van der Waals surface area contributed by atoms with E-state index in [1.165, 1.54) is 32.1 Å². The lowest BCUT2D eigenvalue weighted by Crippen LogP contribution is -1.98. The average molecular weight is 285 g/mol. The Morgan fingerprint density at radius 3 is 2.90 bits per heavy atom. The van der Waals surface area contributed by atoms with E-state index in [2.05, 4.69) is 16.3 Å². The van der Waals surface area contributed by atoms with Crippen LogP contribution in [0.2, 0.25) is 0 Å². The molecule has 3 rings (SSSR count). The van der Waals surface area contributed by atoms with Crippen molar-refractivity contribution in [3.8, 4) is 16.9 Å². The molecule has 1 aromatic carbocycles. The molecule has 0 atom stereocenters. The highest BCUT2D eigenvalue weighted by Crippen LogP contribution is 2.33. The molecule has 0 spiro atoms. The highest BCUT2D eigenvalue weighted by atomic mass is 16.5. The molecule has 1 fully saturated rings. The lowest BCUT2D eigenvalue weighted by Gasteiger charge is -2.10. The first-order valence-electron chi connectivity index (χ1n) is 7.75. The fourth-order valence-electron chi connectivity index (χ4n) is 3.32. The highest BCUT2D eigenvalue weighted by Gasteiger charge is 2.18. The Morgan fingerprint density at radius 2 is 2.14 bits per heavy atom. The van der Waals surface area contributed by atoms with Gasteiger partial charge in [0.2, 0.25) is 0 Å². The lowest BCUT2D eigenvalue weighted by molar-refractivity contribution is 0.415. The van der Waals surface area contributed by atoms with Gasteiger partial charge in [-0.25, -0.2) is 0 Å². The summed E-state index contributed by atoms with van der Waals surface area (Å²) in [6.45, 7) is 0. The fraction of sp³-hybridized carbons (Fsp3) is 0.471. The van der Waals surface area contributed by atoms with Crippen molar-refractivity contribution >= 4 is 5.82 Å². The minimum absolute atomic E-state index is 0.574. The van der Waals surface area contributed by atoms with Crippen LogP contribution in [-0.2, 0) is 6.42 Å². The van der Waals surface area contributed by atoms with Gasteiger partial charge >= 0.3 is 0 Å². The van der Waals surface area contributed by atoms with Crippen LogP contribution in [0.15, 0.2) is 24.3 Å². The van der Waals surface area contributed by atoms with Crippen molar-refractivity contribution in [3.63, 3.8) is 0 Å². The number of nitrogens with one attached hydrogen (secondary N) is 1. The van der Waals surface area contributed by atoms with Crippen LogP contribution in [0.25, 0.3) is 11.1 Å². The number of hydrogen-bond donors (Lipinski definition) is 2. The van der Waals surface area contributed by atoms with E-state index in [9.17, 15) is 0 Å². The molecule has 2 aromatic rings. The van der Waals surface area contributed by atoms with Gasteiger partial charge in [0.1, 0.15) is 5.75 Å². The maximum atomic E-state index is 6.07. The van der Waals surface area contributed by atoms with Gasteiger partial charge in [0.15, 0.2) is 5.82 Å².